The van der Waals surface area contributed by atoms with Gasteiger partial charge in [0.2, 0.25) is 0 Å². The van der Waals surface area contributed by atoms with Gasteiger partial charge in [0.1, 0.15) is 11.5 Å². The van der Waals surface area contributed by atoms with E-state index in [0.717, 1.165) is 39.6 Å². The summed E-state index contributed by atoms with van der Waals surface area (Å²) in [7, 11) is -2.35. The summed E-state index contributed by atoms with van der Waals surface area (Å²) in [4.78, 5) is 0. The van der Waals surface area contributed by atoms with Crippen LogP contribution in [0.2, 0.25) is 0 Å². The number of hydrogen-bond acceptors (Lipinski definition) is 3. The largest absolute Gasteiger partial charge is 0.496 e. The minimum absolute atomic E-state index is 0.380. The standard InChI is InChI=1S/C24H22O4S.C2H6/c1-16-3-5-22(11-16)23-14-21(9-10-24(23)28-2)20-8-7-18-12-17(15-29(25,26)27)4-6-19(18)13-20;1-2/h3-4,6-14H,5,15H2,1-2H3,(H,25,26,27);1-2H3. The van der Waals surface area contributed by atoms with Crippen molar-refractivity contribution in [1.29, 1.82) is 0 Å². The smallest absolute Gasteiger partial charge is 0.269 e. The van der Waals surface area contributed by atoms with E-state index < -0.39 is 10.1 Å². The quantitative estimate of drug-likeness (QED) is 0.454. The van der Waals surface area contributed by atoms with E-state index in [4.69, 9.17) is 9.29 Å². The molecule has 1 aliphatic carbocycles. The molecule has 0 saturated carbocycles. The number of allylic oxidation sites excluding steroid dienone is 4. The molecule has 0 aliphatic heterocycles. The lowest BCUT2D eigenvalue weighted by atomic mass is 9.95. The van der Waals surface area contributed by atoms with Crippen LogP contribution < -0.4 is 4.74 Å². The lowest BCUT2D eigenvalue weighted by Gasteiger charge is -2.13. The van der Waals surface area contributed by atoms with Gasteiger partial charge in [-0.3, -0.25) is 4.55 Å². The maximum absolute atomic E-state index is 11.1. The second-order valence-corrected chi connectivity index (χ2v) is 8.81. The van der Waals surface area contributed by atoms with Crippen molar-refractivity contribution in [2.45, 2.75) is 32.9 Å². The minimum Gasteiger partial charge on any atom is -0.496 e. The van der Waals surface area contributed by atoms with Crippen LogP contribution in [-0.4, -0.2) is 20.1 Å². The first-order valence-electron chi connectivity index (χ1n) is 10.4. The summed E-state index contributed by atoms with van der Waals surface area (Å²) < 4.78 is 36.9. The molecule has 0 fully saturated rings. The Kier molecular flexibility index (Phi) is 6.98. The van der Waals surface area contributed by atoms with Gasteiger partial charge in [0.25, 0.3) is 10.1 Å². The third kappa shape index (κ3) is 5.43. The summed E-state index contributed by atoms with van der Waals surface area (Å²) in [6.45, 7) is 6.10. The average Bonchev–Trinajstić information content (AvgIpc) is 3.19. The molecule has 162 valence electrons. The Morgan fingerprint density at radius 1 is 0.935 bits per heavy atom. The molecule has 0 aromatic heterocycles. The average molecular weight is 437 g/mol. The van der Waals surface area contributed by atoms with E-state index in [-0.39, 0.29) is 5.75 Å². The van der Waals surface area contributed by atoms with Crippen molar-refractivity contribution in [3.8, 4) is 16.9 Å². The fourth-order valence-electron chi connectivity index (χ4n) is 3.76. The Morgan fingerprint density at radius 3 is 2.23 bits per heavy atom. The number of rotatable bonds is 5. The summed E-state index contributed by atoms with van der Waals surface area (Å²) in [5.41, 5.74) is 6.34. The number of fused-ring (bicyclic) bond motifs is 1. The highest BCUT2D eigenvalue weighted by atomic mass is 32.2. The Balaban J connectivity index is 0.00000132. The maximum atomic E-state index is 11.1. The monoisotopic (exact) mass is 436 g/mol. The van der Waals surface area contributed by atoms with Crippen LogP contribution in [0.15, 0.2) is 72.3 Å². The Morgan fingerprint density at radius 2 is 1.58 bits per heavy atom. The Bertz CT molecular complexity index is 1270. The predicted molar refractivity (Wildman–Crippen MR) is 129 cm³/mol. The van der Waals surface area contributed by atoms with Gasteiger partial charge in [0.15, 0.2) is 0 Å². The highest BCUT2D eigenvalue weighted by Gasteiger charge is 2.14. The van der Waals surface area contributed by atoms with E-state index in [1.54, 1.807) is 19.2 Å². The van der Waals surface area contributed by atoms with E-state index >= 15 is 0 Å². The van der Waals surface area contributed by atoms with Gasteiger partial charge in [-0.05, 0) is 64.6 Å². The van der Waals surface area contributed by atoms with E-state index in [2.05, 4.69) is 31.2 Å². The molecule has 0 amide bonds. The zero-order chi connectivity index (χ0) is 22.6. The lowest BCUT2D eigenvalue weighted by Crippen LogP contribution is -2.01. The van der Waals surface area contributed by atoms with Crippen LogP contribution in [0.1, 0.15) is 38.3 Å². The summed E-state index contributed by atoms with van der Waals surface area (Å²) >= 11 is 0. The van der Waals surface area contributed by atoms with Crippen molar-refractivity contribution in [2.75, 3.05) is 7.11 Å². The van der Waals surface area contributed by atoms with Gasteiger partial charge >= 0.3 is 0 Å². The molecule has 4 rings (SSSR count). The van der Waals surface area contributed by atoms with Gasteiger partial charge in [-0.2, -0.15) is 8.42 Å². The minimum atomic E-state index is -4.04. The zero-order valence-electron chi connectivity index (χ0n) is 18.3. The molecule has 0 atom stereocenters. The molecular formula is C26H28O4S. The van der Waals surface area contributed by atoms with Crippen LogP contribution in [0.3, 0.4) is 0 Å². The SMILES string of the molecule is CC.COc1ccc(-c2ccc3cc(CS(=O)(=O)O)ccc3c2)cc1C1=CC(C)=CC1. The first-order chi connectivity index (χ1) is 14.8. The first-order valence-corrected chi connectivity index (χ1v) is 12.0. The maximum Gasteiger partial charge on any atom is 0.269 e. The van der Waals surface area contributed by atoms with Crippen molar-refractivity contribution >= 4 is 26.5 Å². The van der Waals surface area contributed by atoms with Crippen LogP contribution in [0.5, 0.6) is 5.75 Å². The second kappa shape index (κ2) is 9.50. The molecule has 31 heavy (non-hydrogen) atoms. The Labute approximate surface area is 184 Å². The third-order valence-electron chi connectivity index (χ3n) is 5.18. The van der Waals surface area contributed by atoms with Crippen LogP contribution in [0.25, 0.3) is 27.5 Å². The van der Waals surface area contributed by atoms with E-state index in [9.17, 15) is 8.42 Å². The van der Waals surface area contributed by atoms with Crippen LogP contribution >= 0.6 is 0 Å². The molecule has 0 saturated heterocycles. The van der Waals surface area contributed by atoms with Gasteiger partial charge in [-0.25, -0.2) is 0 Å². The molecule has 0 radical (unpaired) electrons. The van der Waals surface area contributed by atoms with Crippen molar-refractivity contribution in [1.82, 2.24) is 0 Å². The first kappa shape index (κ1) is 22.8. The van der Waals surface area contributed by atoms with Gasteiger partial charge < -0.3 is 4.74 Å². The molecule has 0 heterocycles. The van der Waals surface area contributed by atoms with Crippen molar-refractivity contribution < 1.29 is 17.7 Å². The zero-order valence-corrected chi connectivity index (χ0v) is 19.2. The van der Waals surface area contributed by atoms with E-state index in [1.165, 1.54) is 11.1 Å². The Hall–Kier alpha value is -2.89. The lowest BCUT2D eigenvalue weighted by molar-refractivity contribution is 0.413. The highest BCUT2D eigenvalue weighted by molar-refractivity contribution is 7.85. The normalized spacial score (nSPS) is 13.3. The van der Waals surface area contributed by atoms with Gasteiger partial charge in [-0.1, -0.05) is 68.0 Å². The molecule has 0 bridgehead atoms. The van der Waals surface area contributed by atoms with Crippen LogP contribution in [0.4, 0.5) is 0 Å². The summed E-state index contributed by atoms with van der Waals surface area (Å²) in [6, 6.07) is 17.7. The molecular weight excluding hydrogens is 408 g/mol. The number of hydrogen-bond donors (Lipinski definition) is 1. The summed E-state index contributed by atoms with van der Waals surface area (Å²) in [6.07, 6.45) is 5.31. The summed E-state index contributed by atoms with van der Waals surface area (Å²) in [5.74, 6) is 0.480. The molecule has 5 heteroatoms. The number of benzene rings is 3. The second-order valence-electron chi connectivity index (χ2n) is 7.36. The van der Waals surface area contributed by atoms with Gasteiger partial charge in [0.05, 0.1) is 7.11 Å². The molecule has 0 unspecified atom stereocenters. The highest BCUT2D eigenvalue weighted by Crippen LogP contribution is 2.36. The van der Waals surface area contributed by atoms with Crippen LogP contribution in [0, 0.1) is 0 Å². The summed E-state index contributed by atoms with van der Waals surface area (Å²) in [5, 5.41) is 1.94. The van der Waals surface area contributed by atoms with Crippen molar-refractivity contribution in [2.24, 2.45) is 0 Å². The molecule has 3 aromatic rings. The van der Waals surface area contributed by atoms with E-state index in [1.807, 2.05) is 44.2 Å². The molecule has 0 spiro atoms. The molecule has 4 nitrogen and oxygen atoms in total. The van der Waals surface area contributed by atoms with Crippen molar-refractivity contribution in [3.63, 3.8) is 0 Å². The number of methoxy groups -OCH3 is 1. The molecule has 1 N–H and O–H groups in total. The fourth-order valence-corrected chi connectivity index (χ4v) is 4.37. The molecule has 3 aromatic carbocycles. The van der Waals surface area contributed by atoms with Crippen LogP contribution in [-0.2, 0) is 15.9 Å². The van der Waals surface area contributed by atoms with Crippen molar-refractivity contribution in [3.05, 3.63) is 83.4 Å². The van der Waals surface area contributed by atoms with Gasteiger partial charge in [-0.15, -0.1) is 0 Å². The number of ether oxygens (including phenoxy) is 1. The fraction of sp³-hybridized carbons (Fsp3) is 0.231. The van der Waals surface area contributed by atoms with E-state index in [0.29, 0.717) is 5.56 Å². The van der Waals surface area contributed by atoms with Gasteiger partial charge in [0, 0.05) is 5.56 Å². The third-order valence-corrected chi connectivity index (χ3v) is 5.88. The predicted octanol–water partition coefficient (Wildman–Crippen LogP) is 6.66. The molecule has 1 aliphatic rings. The topological polar surface area (TPSA) is 63.6 Å².